The minimum atomic E-state index is 0.689. The Morgan fingerprint density at radius 3 is 2.50 bits per heavy atom. The average molecular weight is 163 g/mol. The largest absolute Gasteiger partial charge is 0.368 e. The fraction of sp³-hybridized carbons (Fsp3) is 0.364. The van der Waals surface area contributed by atoms with Crippen LogP contribution in [0.1, 0.15) is 25.0 Å². The van der Waals surface area contributed by atoms with Crippen molar-refractivity contribution < 1.29 is 4.74 Å². The van der Waals surface area contributed by atoms with Crippen LogP contribution in [0, 0.1) is 13.0 Å². The third kappa shape index (κ3) is 2.67. The van der Waals surface area contributed by atoms with Gasteiger partial charge >= 0.3 is 0 Å². The first-order valence-corrected chi connectivity index (χ1v) is 4.17. The predicted molar refractivity (Wildman–Crippen MR) is 50.6 cm³/mol. The van der Waals surface area contributed by atoms with E-state index in [9.17, 15) is 0 Å². The van der Waals surface area contributed by atoms with E-state index in [4.69, 9.17) is 4.74 Å². The van der Waals surface area contributed by atoms with Gasteiger partial charge < -0.3 is 4.74 Å². The Balaban J connectivity index is 2.57. The fourth-order valence-corrected chi connectivity index (χ4v) is 0.994. The van der Waals surface area contributed by atoms with Crippen LogP contribution in [0.5, 0.6) is 0 Å². The third-order valence-corrected chi connectivity index (χ3v) is 1.78. The van der Waals surface area contributed by atoms with Gasteiger partial charge in [-0.05, 0) is 31.9 Å². The molecule has 0 unspecified atom stereocenters. The smallest absolute Gasteiger partial charge is 0.0914 e. The lowest BCUT2D eigenvalue weighted by Crippen LogP contribution is -1.96. The molecule has 0 atom stereocenters. The van der Waals surface area contributed by atoms with Crippen molar-refractivity contribution in [2.45, 2.75) is 27.4 Å². The van der Waals surface area contributed by atoms with E-state index in [0.717, 1.165) is 6.10 Å². The molecule has 0 heterocycles. The highest BCUT2D eigenvalue weighted by Crippen LogP contribution is 2.10. The van der Waals surface area contributed by atoms with Crippen LogP contribution in [-0.4, -0.2) is 0 Å². The van der Waals surface area contributed by atoms with Crippen LogP contribution in [0.4, 0.5) is 0 Å². The quantitative estimate of drug-likeness (QED) is 0.665. The summed E-state index contributed by atoms with van der Waals surface area (Å²) < 4.78 is 5.43. The van der Waals surface area contributed by atoms with E-state index in [1.54, 1.807) is 0 Å². The van der Waals surface area contributed by atoms with Crippen LogP contribution >= 0.6 is 0 Å². The van der Waals surface area contributed by atoms with Gasteiger partial charge in [-0.25, -0.2) is 0 Å². The molecule has 0 saturated heterocycles. The summed E-state index contributed by atoms with van der Waals surface area (Å²) in [6.45, 7) is 6.73. The molecule has 1 rings (SSSR count). The molecule has 0 aliphatic rings. The molecule has 0 N–H and O–H groups in total. The van der Waals surface area contributed by atoms with E-state index >= 15 is 0 Å². The third-order valence-electron chi connectivity index (χ3n) is 1.78. The maximum Gasteiger partial charge on any atom is 0.0914 e. The monoisotopic (exact) mass is 163 g/mol. The molecule has 0 bridgehead atoms. The highest BCUT2D eigenvalue weighted by molar-refractivity contribution is 5.24. The number of hydrogen-bond acceptors (Lipinski definition) is 1. The molecule has 1 nitrogen and oxygen atoms in total. The van der Waals surface area contributed by atoms with Gasteiger partial charge in [0.25, 0.3) is 0 Å². The highest BCUT2D eigenvalue weighted by atomic mass is 16.5. The van der Waals surface area contributed by atoms with Gasteiger partial charge in [-0.1, -0.05) is 24.3 Å². The summed E-state index contributed by atoms with van der Waals surface area (Å²) in [5.74, 6) is 0. The second kappa shape index (κ2) is 4.27. The summed E-state index contributed by atoms with van der Waals surface area (Å²) >= 11 is 0. The number of ether oxygens (including phenoxy) is 1. The molecule has 0 spiro atoms. The zero-order chi connectivity index (χ0) is 8.97. The van der Waals surface area contributed by atoms with Gasteiger partial charge in [0.1, 0.15) is 0 Å². The highest BCUT2D eigenvalue weighted by Gasteiger charge is 1.98. The van der Waals surface area contributed by atoms with Crippen molar-refractivity contribution in [1.29, 1.82) is 0 Å². The summed E-state index contributed by atoms with van der Waals surface area (Å²) in [7, 11) is 0. The second-order valence-corrected chi connectivity index (χ2v) is 3.12. The van der Waals surface area contributed by atoms with E-state index in [0.29, 0.717) is 6.61 Å². The lowest BCUT2D eigenvalue weighted by atomic mass is 10.1. The van der Waals surface area contributed by atoms with Crippen LogP contribution in [0.3, 0.4) is 0 Å². The molecule has 12 heavy (non-hydrogen) atoms. The van der Waals surface area contributed by atoms with Crippen molar-refractivity contribution in [2.24, 2.45) is 0 Å². The Labute approximate surface area is 74.4 Å². The molecule has 0 amide bonds. The topological polar surface area (TPSA) is 9.23 Å². The number of hydrogen-bond donors (Lipinski definition) is 0. The van der Waals surface area contributed by atoms with Crippen LogP contribution in [0.25, 0.3) is 0 Å². The Bertz CT molecular complexity index is 241. The van der Waals surface area contributed by atoms with Gasteiger partial charge in [0.05, 0.1) is 12.7 Å². The Morgan fingerprint density at radius 2 is 1.92 bits per heavy atom. The van der Waals surface area contributed by atoms with E-state index in [2.05, 4.69) is 19.1 Å². The molecule has 0 aliphatic heterocycles. The van der Waals surface area contributed by atoms with Crippen molar-refractivity contribution >= 4 is 0 Å². The Hall–Kier alpha value is -0.820. The number of benzene rings is 1. The van der Waals surface area contributed by atoms with Gasteiger partial charge in [-0.2, -0.15) is 0 Å². The standard InChI is InChI=1S/C11H15O/c1-9(2)12-8-11-7-5-4-6-10(11)3/h4-7H,8H2,1-3H3. The molecule has 1 aromatic rings. The average Bonchev–Trinajstić information content (AvgIpc) is 2.03. The van der Waals surface area contributed by atoms with Crippen molar-refractivity contribution in [3.8, 4) is 0 Å². The van der Waals surface area contributed by atoms with Crippen LogP contribution in [-0.2, 0) is 11.3 Å². The maximum atomic E-state index is 5.43. The Kier molecular flexibility index (Phi) is 3.30. The van der Waals surface area contributed by atoms with Crippen molar-refractivity contribution in [2.75, 3.05) is 0 Å². The first-order valence-electron chi connectivity index (χ1n) is 4.17. The molecule has 0 aromatic heterocycles. The van der Waals surface area contributed by atoms with Crippen LogP contribution in [0.2, 0.25) is 0 Å². The second-order valence-electron chi connectivity index (χ2n) is 3.12. The first-order chi connectivity index (χ1) is 5.70. The van der Waals surface area contributed by atoms with Crippen LogP contribution in [0.15, 0.2) is 24.3 Å². The minimum absolute atomic E-state index is 0.689. The lowest BCUT2D eigenvalue weighted by Gasteiger charge is -2.08. The summed E-state index contributed by atoms with van der Waals surface area (Å²) in [5, 5.41) is 0. The van der Waals surface area contributed by atoms with E-state index in [1.807, 2.05) is 26.0 Å². The first kappa shape index (κ1) is 9.27. The fourth-order valence-electron chi connectivity index (χ4n) is 0.994. The van der Waals surface area contributed by atoms with E-state index in [1.165, 1.54) is 11.1 Å². The van der Waals surface area contributed by atoms with Crippen LogP contribution < -0.4 is 0 Å². The zero-order valence-corrected chi connectivity index (χ0v) is 7.92. The number of aryl methyl sites for hydroxylation is 1. The van der Waals surface area contributed by atoms with Crippen molar-refractivity contribution in [3.63, 3.8) is 0 Å². The SMILES string of the molecule is C[C](C)OCc1ccccc1C. The molecule has 0 aliphatic carbocycles. The summed E-state index contributed by atoms with van der Waals surface area (Å²) in [6, 6.07) is 8.28. The Morgan fingerprint density at radius 1 is 1.25 bits per heavy atom. The van der Waals surface area contributed by atoms with E-state index in [-0.39, 0.29) is 0 Å². The van der Waals surface area contributed by atoms with Gasteiger partial charge in [-0.15, -0.1) is 0 Å². The van der Waals surface area contributed by atoms with Crippen molar-refractivity contribution in [1.82, 2.24) is 0 Å². The van der Waals surface area contributed by atoms with Gasteiger partial charge in [0.2, 0.25) is 0 Å². The zero-order valence-electron chi connectivity index (χ0n) is 7.92. The normalized spacial score (nSPS) is 10.7. The van der Waals surface area contributed by atoms with Crippen molar-refractivity contribution in [3.05, 3.63) is 41.5 Å². The molecular formula is C11H15O. The van der Waals surface area contributed by atoms with Gasteiger partial charge in [0, 0.05) is 0 Å². The molecule has 1 radical (unpaired) electrons. The molecule has 65 valence electrons. The maximum absolute atomic E-state index is 5.43. The van der Waals surface area contributed by atoms with Gasteiger partial charge in [0.15, 0.2) is 0 Å². The number of rotatable bonds is 3. The minimum Gasteiger partial charge on any atom is -0.368 e. The lowest BCUT2D eigenvalue weighted by molar-refractivity contribution is 0.142. The van der Waals surface area contributed by atoms with E-state index < -0.39 is 0 Å². The predicted octanol–water partition coefficient (Wildman–Crippen LogP) is 3.08. The molecular weight excluding hydrogens is 148 g/mol. The molecule has 1 heteroatoms. The molecule has 1 aromatic carbocycles. The summed E-state index contributed by atoms with van der Waals surface area (Å²) in [4.78, 5) is 0. The van der Waals surface area contributed by atoms with Gasteiger partial charge in [-0.3, -0.25) is 0 Å². The molecule has 0 saturated carbocycles. The summed E-state index contributed by atoms with van der Waals surface area (Å²) in [5.41, 5.74) is 2.55. The summed E-state index contributed by atoms with van der Waals surface area (Å²) in [6.07, 6.45) is 1.01. The molecule has 0 fully saturated rings.